The average molecular weight is 471 g/mol. The van der Waals surface area contributed by atoms with Gasteiger partial charge in [0, 0.05) is 16.3 Å². The summed E-state index contributed by atoms with van der Waals surface area (Å²) in [5.41, 5.74) is 6.17. The maximum atomic E-state index is 13.7. The molecule has 7 heteroatoms. The first-order chi connectivity index (χ1) is 16.3. The fraction of sp³-hybridized carbons (Fsp3) is 0.259. The Hall–Kier alpha value is -3.45. The number of amides is 2. The molecule has 0 radical (unpaired) electrons. The zero-order valence-corrected chi connectivity index (χ0v) is 19.6. The topological polar surface area (TPSA) is 85.2 Å². The molecule has 0 saturated carbocycles. The first-order valence-corrected chi connectivity index (χ1v) is 13.2. The average Bonchev–Trinajstić information content (AvgIpc) is 3.31. The molecular formula is C27H22N2O4S. The van der Waals surface area contributed by atoms with E-state index in [1.807, 2.05) is 53.1 Å². The molecule has 3 aliphatic rings. The van der Waals surface area contributed by atoms with Crippen LogP contribution in [-0.2, 0) is 16.3 Å². The van der Waals surface area contributed by atoms with Crippen LogP contribution in [-0.4, -0.2) is 30.0 Å². The molecule has 3 atom stereocenters. The summed E-state index contributed by atoms with van der Waals surface area (Å²) >= 11 is 0. The van der Waals surface area contributed by atoms with Gasteiger partial charge in [-0.3, -0.25) is 14.9 Å². The maximum absolute atomic E-state index is 13.7. The van der Waals surface area contributed by atoms with Crippen molar-refractivity contribution in [1.82, 2.24) is 9.88 Å². The molecule has 1 aliphatic carbocycles. The predicted molar refractivity (Wildman–Crippen MR) is 131 cm³/mol. The zero-order chi connectivity index (χ0) is 23.5. The molecule has 0 bridgehead atoms. The molecule has 1 N–H and O–H groups in total. The van der Waals surface area contributed by atoms with Crippen molar-refractivity contribution in [3.8, 4) is 11.1 Å². The molecule has 0 saturated heterocycles. The van der Waals surface area contributed by atoms with Crippen molar-refractivity contribution < 1.29 is 18.0 Å². The van der Waals surface area contributed by atoms with Crippen LogP contribution in [0.15, 0.2) is 48.5 Å². The van der Waals surface area contributed by atoms with E-state index in [-0.39, 0.29) is 11.8 Å². The van der Waals surface area contributed by atoms with E-state index in [0.29, 0.717) is 29.4 Å². The fourth-order valence-electron chi connectivity index (χ4n) is 6.55. The van der Waals surface area contributed by atoms with Crippen molar-refractivity contribution in [3.63, 3.8) is 0 Å². The molecule has 0 fully saturated rings. The second-order valence-electron chi connectivity index (χ2n) is 9.73. The van der Waals surface area contributed by atoms with Crippen LogP contribution in [0.3, 0.4) is 0 Å². The summed E-state index contributed by atoms with van der Waals surface area (Å²) in [5, 5.41) is 2.67. The number of rotatable bonds is 0. The monoisotopic (exact) mass is 470 g/mol. The molecule has 2 aliphatic heterocycles. The van der Waals surface area contributed by atoms with Gasteiger partial charge in [-0.25, -0.2) is 8.42 Å². The lowest BCUT2D eigenvalue weighted by molar-refractivity contribution is 0.0880. The van der Waals surface area contributed by atoms with Crippen LogP contribution in [0.2, 0.25) is 0 Å². The van der Waals surface area contributed by atoms with Gasteiger partial charge < -0.3 is 4.57 Å². The Morgan fingerprint density at radius 2 is 1.62 bits per heavy atom. The van der Waals surface area contributed by atoms with Gasteiger partial charge in [0.2, 0.25) is 0 Å². The van der Waals surface area contributed by atoms with E-state index < -0.39 is 26.4 Å². The zero-order valence-electron chi connectivity index (χ0n) is 18.8. The Morgan fingerprint density at radius 1 is 0.912 bits per heavy atom. The summed E-state index contributed by atoms with van der Waals surface area (Å²) in [6.45, 7) is 3.53. The molecule has 3 aromatic carbocycles. The number of hydrogen-bond donors (Lipinski definition) is 1. The molecule has 34 heavy (non-hydrogen) atoms. The molecule has 4 aromatic rings. The third-order valence-corrected chi connectivity index (χ3v) is 10.5. The molecule has 1 aromatic heterocycles. The van der Waals surface area contributed by atoms with E-state index in [2.05, 4.69) is 5.32 Å². The number of hydrogen-bond acceptors (Lipinski definition) is 4. The van der Waals surface area contributed by atoms with Gasteiger partial charge in [0.25, 0.3) is 11.8 Å². The number of nitrogens with zero attached hydrogens (tertiary/aromatic N) is 1. The standard InChI is InChI=1S/C27H22N2O4S/c1-13-11-16-12-15-7-3-4-8-17(15)21-20(16)25-22(24-23(21)26(30)28-27(24)31)18-9-5-6-10-19(18)29(25)14(2)34(13,32)33/h3-10,13-14,16H,11-12H2,1-2H3,(H,28,30,31)/t13-,14+,16-/m1/s1. The minimum Gasteiger partial charge on any atom is -0.323 e. The van der Waals surface area contributed by atoms with Crippen molar-refractivity contribution in [2.75, 3.05) is 0 Å². The van der Waals surface area contributed by atoms with Crippen LogP contribution in [0.5, 0.6) is 0 Å². The fourth-order valence-corrected chi connectivity index (χ4v) is 8.24. The van der Waals surface area contributed by atoms with Gasteiger partial charge in [-0.05, 0) is 55.4 Å². The minimum atomic E-state index is -3.50. The summed E-state index contributed by atoms with van der Waals surface area (Å²) in [6.07, 6.45) is 1.17. The lowest BCUT2D eigenvalue weighted by atomic mass is 9.73. The van der Waals surface area contributed by atoms with Crippen LogP contribution in [0.1, 0.15) is 63.4 Å². The molecule has 3 heterocycles. The second kappa shape index (κ2) is 6.36. The van der Waals surface area contributed by atoms with Crippen LogP contribution in [0.4, 0.5) is 0 Å². The number of carbonyl (C=O) groups is 2. The third kappa shape index (κ3) is 2.23. The Kier molecular flexibility index (Phi) is 3.73. The Morgan fingerprint density at radius 3 is 2.44 bits per heavy atom. The van der Waals surface area contributed by atoms with E-state index in [9.17, 15) is 18.0 Å². The maximum Gasteiger partial charge on any atom is 0.259 e. The molecule has 7 rings (SSSR count). The van der Waals surface area contributed by atoms with Gasteiger partial charge in [-0.15, -0.1) is 0 Å². The highest BCUT2D eigenvalue weighted by Crippen LogP contribution is 2.53. The van der Waals surface area contributed by atoms with E-state index in [1.54, 1.807) is 13.8 Å². The van der Waals surface area contributed by atoms with Crippen LogP contribution >= 0.6 is 0 Å². The van der Waals surface area contributed by atoms with Crippen molar-refractivity contribution in [2.45, 2.75) is 43.2 Å². The van der Waals surface area contributed by atoms with Crippen molar-refractivity contribution in [1.29, 1.82) is 0 Å². The first-order valence-electron chi connectivity index (χ1n) is 11.6. The molecule has 170 valence electrons. The van der Waals surface area contributed by atoms with E-state index >= 15 is 0 Å². The number of sulfone groups is 1. The van der Waals surface area contributed by atoms with Crippen molar-refractivity contribution >= 4 is 43.5 Å². The number of nitrogens with one attached hydrogen (secondary N) is 1. The summed E-state index contributed by atoms with van der Waals surface area (Å²) < 4.78 is 29.3. The smallest absolute Gasteiger partial charge is 0.259 e. The predicted octanol–water partition coefficient (Wildman–Crippen LogP) is 4.71. The molecule has 6 nitrogen and oxygen atoms in total. The number of carbonyl (C=O) groups excluding carboxylic acids is 2. The normalized spacial score (nSPS) is 24.5. The van der Waals surface area contributed by atoms with Gasteiger partial charge in [0.1, 0.15) is 5.37 Å². The molecule has 0 unspecified atom stereocenters. The molecular weight excluding hydrogens is 448 g/mol. The summed E-state index contributed by atoms with van der Waals surface area (Å²) in [4.78, 5) is 26.4. The SMILES string of the molecule is C[C@@H]1C[C@@H]2Cc3ccccc3-c3c4c(c5c6ccccc6n(c5c32)[C@H](C)S1(=O)=O)C(=O)NC4=O. The highest BCUT2D eigenvalue weighted by atomic mass is 32.2. The van der Waals surface area contributed by atoms with Gasteiger partial charge in [-0.1, -0.05) is 42.5 Å². The number of para-hydroxylation sites is 1. The van der Waals surface area contributed by atoms with E-state index in [1.165, 1.54) is 0 Å². The quantitative estimate of drug-likeness (QED) is 0.377. The highest BCUT2D eigenvalue weighted by Gasteiger charge is 2.44. The lowest BCUT2D eigenvalue weighted by Gasteiger charge is -2.35. The lowest BCUT2D eigenvalue weighted by Crippen LogP contribution is -2.32. The van der Waals surface area contributed by atoms with E-state index in [4.69, 9.17) is 0 Å². The summed E-state index contributed by atoms with van der Waals surface area (Å²) in [6, 6.07) is 15.6. The molecule has 2 amide bonds. The summed E-state index contributed by atoms with van der Waals surface area (Å²) in [7, 11) is -3.50. The minimum absolute atomic E-state index is 0.0819. The van der Waals surface area contributed by atoms with Crippen LogP contribution in [0.25, 0.3) is 32.9 Å². The Labute approximate surface area is 196 Å². The van der Waals surface area contributed by atoms with Gasteiger partial charge in [0.15, 0.2) is 9.84 Å². The number of fused-ring (bicyclic) bond motifs is 8. The summed E-state index contributed by atoms with van der Waals surface area (Å²) in [5.74, 6) is -0.881. The number of aromatic nitrogens is 1. The third-order valence-electron chi connectivity index (χ3n) is 8.04. The molecule has 0 spiro atoms. The Balaban J connectivity index is 1.82. The number of imide groups is 1. The second-order valence-corrected chi connectivity index (χ2v) is 12.4. The highest BCUT2D eigenvalue weighted by molar-refractivity contribution is 7.92. The Bertz CT molecular complexity index is 1730. The largest absolute Gasteiger partial charge is 0.323 e. The van der Waals surface area contributed by atoms with Gasteiger partial charge >= 0.3 is 0 Å². The van der Waals surface area contributed by atoms with Crippen LogP contribution < -0.4 is 5.32 Å². The van der Waals surface area contributed by atoms with Crippen molar-refractivity contribution in [3.05, 3.63) is 70.8 Å². The van der Waals surface area contributed by atoms with Gasteiger partial charge in [0.05, 0.1) is 27.4 Å². The van der Waals surface area contributed by atoms with E-state index in [0.717, 1.165) is 38.7 Å². The van der Waals surface area contributed by atoms with Crippen LogP contribution in [0, 0.1) is 0 Å². The van der Waals surface area contributed by atoms with Crippen molar-refractivity contribution in [2.24, 2.45) is 0 Å². The first kappa shape index (κ1) is 20.0. The number of benzene rings is 3. The van der Waals surface area contributed by atoms with Gasteiger partial charge in [-0.2, -0.15) is 0 Å².